The molecule has 19 heavy (non-hydrogen) atoms. The van der Waals surface area contributed by atoms with Crippen molar-refractivity contribution in [2.75, 3.05) is 13.7 Å². The van der Waals surface area contributed by atoms with Crippen molar-refractivity contribution in [3.63, 3.8) is 0 Å². The molecule has 1 aliphatic heterocycles. The fourth-order valence-electron chi connectivity index (χ4n) is 3.69. The molecule has 1 aromatic rings. The maximum absolute atomic E-state index is 6.04. The summed E-state index contributed by atoms with van der Waals surface area (Å²) in [6, 6.07) is 4.54. The number of pyridine rings is 1. The van der Waals surface area contributed by atoms with Crippen molar-refractivity contribution in [2.45, 2.75) is 50.7 Å². The van der Waals surface area contributed by atoms with Crippen molar-refractivity contribution in [1.82, 2.24) is 10.3 Å². The number of nitrogens with zero attached hydrogens (tertiary/aromatic N) is 1. The predicted molar refractivity (Wildman–Crippen MR) is 76.0 cm³/mol. The van der Waals surface area contributed by atoms with E-state index in [1.807, 2.05) is 12.3 Å². The molecule has 2 fully saturated rings. The lowest BCUT2D eigenvalue weighted by molar-refractivity contribution is -0.147. The molecule has 3 nitrogen and oxygen atoms in total. The van der Waals surface area contributed by atoms with Crippen molar-refractivity contribution in [3.8, 4) is 0 Å². The summed E-state index contributed by atoms with van der Waals surface area (Å²) >= 11 is 0. The minimum atomic E-state index is 0.209. The molecular formula is C16H24N2O. The Hall–Kier alpha value is -0.930. The number of hydrogen-bond acceptors (Lipinski definition) is 3. The maximum Gasteiger partial charge on any atom is 0.0686 e. The van der Waals surface area contributed by atoms with Gasteiger partial charge >= 0.3 is 0 Å². The summed E-state index contributed by atoms with van der Waals surface area (Å²) in [6.45, 7) is 3.07. The molecular weight excluding hydrogens is 236 g/mol. The van der Waals surface area contributed by atoms with E-state index in [0.29, 0.717) is 12.0 Å². The van der Waals surface area contributed by atoms with Gasteiger partial charge in [0.2, 0.25) is 0 Å². The number of rotatable bonds is 3. The van der Waals surface area contributed by atoms with E-state index in [1.54, 1.807) is 0 Å². The van der Waals surface area contributed by atoms with E-state index >= 15 is 0 Å². The average molecular weight is 260 g/mol. The summed E-state index contributed by atoms with van der Waals surface area (Å²) in [6.07, 6.45) is 8.07. The first-order valence-corrected chi connectivity index (χ1v) is 7.47. The Morgan fingerprint density at radius 3 is 2.95 bits per heavy atom. The average Bonchev–Trinajstić information content (AvgIpc) is 2.40. The monoisotopic (exact) mass is 260 g/mol. The van der Waals surface area contributed by atoms with Gasteiger partial charge in [-0.25, -0.2) is 0 Å². The Morgan fingerprint density at radius 2 is 2.32 bits per heavy atom. The minimum absolute atomic E-state index is 0.209. The van der Waals surface area contributed by atoms with E-state index in [0.717, 1.165) is 13.0 Å². The fourth-order valence-corrected chi connectivity index (χ4v) is 3.69. The van der Waals surface area contributed by atoms with Gasteiger partial charge in [-0.2, -0.15) is 0 Å². The van der Waals surface area contributed by atoms with Crippen molar-refractivity contribution in [1.29, 1.82) is 0 Å². The van der Waals surface area contributed by atoms with Crippen LogP contribution in [-0.4, -0.2) is 24.2 Å². The van der Waals surface area contributed by atoms with E-state index in [9.17, 15) is 0 Å². The Morgan fingerprint density at radius 1 is 1.47 bits per heavy atom. The lowest BCUT2D eigenvalue weighted by Gasteiger charge is -2.48. The second kappa shape index (κ2) is 5.22. The first kappa shape index (κ1) is 13.1. The van der Waals surface area contributed by atoms with E-state index in [-0.39, 0.29) is 5.60 Å². The molecule has 1 aliphatic carbocycles. The number of ether oxygens (including phenoxy) is 1. The van der Waals surface area contributed by atoms with Crippen LogP contribution in [-0.2, 0) is 4.74 Å². The lowest BCUT2D eigenvalue weighted by Crippen LogP contribution is -2.47. The molecule has 0 bridgehead atoms. The third-order valence-corrected chi connectivity index (χ3v) is 4.92. The molecule has 0 radical (unpaired) electrons. The van der Waals surface area contributed by atoms with E-state index in [4.69, 9.17) is 4.74 Å². The van der Waals surface area contributed by atoms with Gasteiger partial charge in [-0.1, -0.05) is 6.07 Å². The predicted octanol–water partition coefficient (Wildman–Crippen LogP) is 3.00. The fraction of sp³-hybridized carbons (Fsp3) is 0.688. The highest BCUT2D eigenvalue weighted by molar-refractivity contribution is 5.22. The zero-order valence-corrected chi connectivity index (χ0v) is 12.0. The molecule has 1 saturated carbocycles. The quantitative estimate of drug-likeness (QED) is 0.907. The van der Waals surface area contributed by atoms with Crippen molar-refractivity contribution >= 4 is 0 Å². The minimum Gasteiger partial charge on any atom is -0.375 e. The lowest BCUT2D eigenvalue weighted by atomic mass is 9.70. The molecule has 2 aliphatic rings. The first-order valence-electron chi connectivity index (χ1n) is 7.47. The summed E-state index contributed by atoms with van der Waals surface area (Å²) in [7, 11) is 2.06. The van der Waals surface area contributed by atoms with Gasteiger partial charge in [0.15, 0.2) is 0 Å². The molecule has 1 spiro atoms. The van der Waals surface area contributed by atoms with Crippen LogP contribution in [0.4, 0.5) is 0 Å². The number of hydrogen-bond donors (Lipinski definition) is 1. The summed E-state index contributed by atoms with van der Waals surface area (Å²) in [4.78, 5) is 4.61. The molecule has 2 atom stereocenters. The molecule has 2 heterocycles. The molecule has 3 heteroatoms. The molecule has 3 rings (SSSR count). The van der Waals surface area contributed by atoms with Gasteiger partial charge in [-0.15, -0.1) is 0 Å². The van der Waals surface area contributed by atoms with Crippen LogP contribution in [0.1, 0.15) is 49.4 Å². The van der Waals surface area contributed by atoms with Gasteiger partial charge < -0.3 is 10.1 Å². The zero-order chi connectivity index (χ0) is 13.3. The number of aromatic nitrogens is 1. The van der Waals surface area contributed by atoms with Crippen LogP contribution < -0.4 is 5.32 Å². The Balaban J connectivity index is 1.80. The van der Waals surface area contributed by atoms with Crippen molar-refractivity contribution < 1.29 is 4.74 Å². The van der Waals surface area contributed by atoms with Crippen LogP contribution in [0.25, 0.3) is 0 Å². The largest absolute Gasteiger partial charge is 0.375 e. The standard InChI is InChI=1S/C16H24N2O/c1-12-5-3-9-18-14(12)15(17-2)13-6-10-19-16(11-13)7-4-8-16/h3,5,9,13,15,17H,4,6-8,10-11H2,1-2H3. The maximum atomic E-state index is 6.04. The molecule has 1 aromatic heterocycles. The van der Waals surface area contributed by atoms with Gasteiger partial charge in [-0.3, -0.25) is 4.98 Å². The van der Waals surface area contributed by atoms with E-state index in [1.165, 1.54) is 36.9 Å². The van der Waals surface area contributed by atoms with E-state index < -0.39 is 0 Å². The summed E-state index contributed by atoms with van der Waals surface area (Å²) in [5.74, 6) is 0.646. The van der Waals surface area contributed by atoms with E-state index in [2.05, 4.69) is 30.3 Å². The van der Waals surface area contributed by atoms with Crippen molar-refractivity contribution in [3.05, 3.63) is 29.6 Å². The van der Waals surface area contributed by atoms with Gasteiger partial charge in [0.1, 0.15) is 0 Å². The summed E-state index contributed by atoms with van der Waals surface area (Å²) in [5.41, 5.74) is 2.71. The normalized spacial score (nSPS) is 26.9. The van der Waals surface area contributed by atoms with Gasteiger partial charge in [0.25, 0.3) is 0 Å². The zero-order valence-electron chi connectivity index (χ0n) is 12.0. The summed E-state index contributed by atoms with van der Waals surface area (Å²) < 4.78 is 6.04. The highest BCUT2D eigenvalue weighted by Crippen LogP contribution is 2.47. The third kappa shape index (κ3) is 2.41. The van der Waals surface area contributed by atoms with Crippen LogP contribution in [0.5, 0.6) is 0 Å². The van der Waals surface area contributed by atoms with Crippen LogP contribution in [0.3, 0.4) is 0 Å². The SMILES string of the molecule is CNC(c1ncccc1C)C1CCOC2(CCC2)C1. The van der Waals surface area contributed by atoms with Crippen LogP contribution in [0.2, 0.25) is 0 Å². The smallest absolute Gasteiger partial charge is 0.0686 e. The molecule has 0 aromatic carbocycles. The Kier molecular flexibility index (Phi) is 3.59. The summed E-state index contributed by atoms with van der Waals surface area (Å²) in [5, 5.41) is 3.50. The first-order chi connectivity index (χ1) is 9.24. The van der Waals surface area contributed by atoms with Crippen LogP contribution in [0, 0.1) is 12.8 Å². The van der Waals surface area contributed by atoms with Crippen molar-refractivity contribution in [2.24, 2.45) is 5.92 Å². The second-order valence-electron chi connectivity index (χ2n) is 6.11. The Bertz CT molecular complexity index is 442. The third-order valence-electron chi connectivity index (χ3n) is 4.92. The second-order valence-corrected chi connectivity index (χ2v) is 6.11. The number of nitrogens with one attached hydrogen (secondary N) is 1. The molecule has 2 unspecified atom stereocenters. The van der Waals surface area contributed by atoms with Crippen LogP contribution in [0.15, 0.2) is 18.3 Å². The highest BCUT2D eigenvalue weighted by Gasteiger charge is 2.44. The van der Waals surface area contributed by atoms with Gasteiger partial charge in [0.05, 0.1) is 17.3 Å². The number of aryl methyl sites for hydroxylation is 1. The molecule has 0 amide bonds. The van der Waals surface area contributed by atoms with Gasteiger partial charge in [0, 0.05) is 12.8 Å². The Labute approximate surface area is 115 Å². The molecule has 1 N–H and O–H groups in total. The van der Waals surface area contributed by atoms with Crippen LogP contribution >= 0.6 is 0 Å². The highest BCUT2D eigenvalue weighted by atomic mass is 16.5. The molecule has 1 saturated heterocycles. The molecule has 104 valence electrons. The topological polar surface area (TPSA) is 34.2 Å². The van der Waals surface area contributed by atoms with Gasteiger partial charge in [-0.05, 0) is 63.6 Å².